The molecule has 2 heterocycles. The van der Waals surface area contributed by atoms with Gasteiger partial charge in [-0.1, -0.05) is 22.0 Å². The van der Waals surface area contributed by atoms with Crippen LogP contribution in [0.5, 0.6) is 0 Å². The third-order valence-electron chi connectivity index (χ3n) is 4.62. The average Bonchev–Trinajstić information content (AvgIpc) is 2.90. The van der Waals surface area contributed by atoms with Gasteiger partial charge in [-0.15, -0.1) is 0 Å². The van der Waals surface area contributed by atoms with E-state index in [9.17, 15) is 14.3 Å². The summed E-state index contributed by atoms with van der Waals surface area (Å²) in [6.07, 6.45) is 1.35. The van der Waals surface area contributed by atoms with E-state index < -0.39 is 5.97 Å². The molecule has 2 aromatic carbocycles. The van der Waals surface area contributed by atoms with Gasteiger partial charge in [0.25, 0.3) is 0 Å². The van der Waals surface area contributed by atoms with E-state index in [0.717, 1.165) is 18.5 Å². The molecular weight excluding hydrogens is 403 g/mol. The van der Waals surface area contributed by atoms with Gasteiger partial charge in [-0.05, 0) is 42.3 Å². The number of hydrogen-bond donors (Lipinski definition) is 1. The Kier molecular flexibility index (Phi) is 4.50. The van der Waals surface area contributed by atoms with Gasteiger partial charge in [0.1, 0.15) is 11.6 Å². The molecule has 1 aromatic heterocycles. The lowest BCUT2D eigenvalue weighted by Crippen LogP contribution is -2.31. The molecule has 0 saturated carbocycles. The molecule has 7 heteroatoms. The molecule has 0 unspecified atom stereocenters. The number of aromatic nitrogens is 2. The molecule has 0 spiro atoms. The lowest BCUT2D eigenvalue weighted by atomic mass is 10.1. The number of rotatable bonds is 5. The first-order valence-corrected chi connectivity index (χ1v) is 9.08. The van der Waals surface area contributed by atoms with Crippen molar-refractivity contribution >= 4 is 32.9 Å². The smallest absolute Gasteiger partial charge is 0.335 e. The average molecular weight is 419 g/mol. The Labute approximate surface area is 157 Å². The number of imidazole rings is 1. The number of halogens is 2. The molecule has 0 radical (unpaired) electrons. The molecule has 0 bridgehead atoms. The third-order valence-corrected chi connectivity index (χ3v) is 5.11. The van der Waals surface area contributed by atoms with Crippen LogP contribution in [0.3, 0.4) is 0 Å². The summed E-state index contributed by atoms with van der Waals surface area (Å²) < 4.78 is 22.4. The number of hydrogen-bond acceptors (Lipinski definition) is 3. The van der Waals surface area contributed by atoms with Crippen molar-refractivity contribution in [2.75, 3.05) is 6.61 Å². The normalized spacial score (nSPS) is 16.6. The number of nitrogens with zero attached hydrogens (tertiary/aromatic N) is 2. The first kappa shape index (κ1) is 17.2. The summed E-state index contributed by atoms with van der Waals surface area (Å²) in [5.41, 5.74) is 2.17. The van der Waals surface area contributed by atoms with Crippen molar-refractivity contribution in [2.45, 2.75) is 25.5 Å². The van der Waals surface area contributed by atoms with Crippen LogP contribution < -0.4 is 0 Å². The highest BCUT2D eigenvalue weighted by Gasteiger charge is 2.23. The molecule has 1 N–H and O–H groups in total. The molecule has 1 aliphatic heterocycles. The Morgan fingerprint density at radius 2 is 2.15 bits per heavy atom. The number of aromatic carboxylic acids is 1. The van der Waals surface area contributed by atoms with Gasteiger partial charge in [-0.3, -0.25) is 0 Å². The summed E-state index contributed by atoms with van der Waals surface area (Å²) in [7, 11) is 0. The predicted octanol–water partition coefficient (Wildman–Crippen LogP) is 4.02. The largest absolute Gasteiger partial charge is 0.478 e. The molecule has 0 amide bonds. The van der Waals surface area contributed by atoms with Gasteiger partial charge < -0.3 is 14.4 Å². The predicted molar refractivity (Wildman–Crippen MR) is 98.0 cm³/mol. The first-order valence-electron chi connectivity index (χ1n) is 8.29. The summed E-state index contributed by atoms with van der Waals surface area (Å²) >= 11 is 3.26. The molecule has 5 nitrogen and oxygen atoms in total. The lowest BCUT2D eigenvalue weighted by molar-refractivity contribution is -0.0589. The van der Waals surface area contributed by atoms with Crippen LogP contribution in [-0.2, 0) is 17.7 Å². The summed E-state index contributed by atoms with van der Waals surface area (Å²) in [5, 5.41) is 9.27. The first-order chi connectivity index (χ1) is 12.5. The summed E-state index contributed by atoms with van der Waals surface area (Å²) in [6, 6.07) is 9.80. The van der Waals surface area contributed by atoms with Gasteiger partial charge >= 0.3 is 5.97 Å². The second kappa shape index (κ2) is 6.81. The Bertz CT molecular complexity index is 998. The standard InChI is InChI=1S/C19H16BrFN2O3/c20-13-3-1-11(15(21)9-13)8-18-22-16-4-2-12(19(24)25)7-17(16)23(18)10-14-5-6-26-14/h1-4,7,9,14H,5-6,8,10H2,(H,24,25)/t14-/m0/s1. The second-order valence-electron chi connectivity index (χ2n) is 6.34. The van der Waals surface area contributed by atoms with Crippen LogP contribution in [0.15, 0.2) is 40.9 Å². The number of fused-ring (bicyclic) bond motifs is 1. The molecule has 1 fully saturated rings. The Morgan fingerprint density at radius 3 is 2.81 bits per heavy atom. The zero-order valence-electron chi connectivity index (χ0n) is 13.8. The fourth-order valence-electron chi connectivity index (χ4n) is 3.11. The third kappa shape index (κ3) is 3.24. The maximum atomic E-state index is 14.3. The van der Waals surface area contributed by atoms with Crippen molar-refractivity contribution in [3.63, 3.8) is 0 Å². The van der Waals surface area contributed by atoms with Crippen LogP contribution in [0.1, 0.15) is 28.2 Å². The monoisotopic (exact) mass is 418 g/mol. The summed E-state index contributed by atoms with van der Waals surface area (Å²) in [4.78, 5) is 15.9. The molecule has 4 rings (SSSR count). The molecule has 3 aromatic rings. The minimum absolute atomic E-state index is 0.0781. The van der Waals surface area contributed by atoms with E-state index >= 15 is 0 Å². The molecule has 1 saturated heterocycles. The fourth-order valence-corrected chi connectivity index (χ4v) is 3.45. The van der Waals surface area contributed by atoms with Gasteiger partial charge in [0.05, 0.1) is 29.2 Å². The van der Waals surface area contributed by atoms with E-state index in [4.69, 9.17) is 4.74 Å². The van der Waals surface area contributed by atoms with E-state index in [0.29, 0.717) is 34.3 Å². The quantitative estimate of drug-likeness (QED) is 0.679. The van der Waals surface area contributed by atoms with Crippen LogP contribution in [0.25, 0.3) is 11.0 Å². The second-order valence-corrected chi connectivity index (χ2v) is 7.26. The van der Waals surface area contributed by atoms with Crippen LogP contribution >= 0.6 is 15.9 Å². The minimum Gasteiger partial charge on any atom is -0.478 e. The number of carboxylic acid groups (broad SMARTS) is 1. The molecule has 1 atom stereocenters. The lowest BCUT2D eigenvalue weighted by Gasteiger charge is -2.27. The van der Waals surface area contributed by atoms with Gasteiger partial charge in [0.2, 0.25) is 0 Å². The van der Waals surface area contributed by atoms with Crippen LogP contribution in [-0.4, -0.2) is 33.3 Å². The van der Waals surface area contributed by atoms with Gasteiger partial charge in [0, 0.05) is 17.5 Å². The SMILES string of the molecule is O=C(O)c1ccc2nc(Cc3ccc(Br)cc3F)n(C[C@@H]3CCO3)c2c1. The highest BCUT2D eigenvalue weighted by molar-refractivity contribution is 9.10. The van der Waals surface area contributed by atoms with E-state index in [-0.39, 0.29) is 17.5 Å². The van der Waals surface area contributed by atoms with Gasteiger partial charge in [0.15, 0.2) is 0 Å². The highest BCUT2D eigenvalue weighted by atomic mass is 79.9. The Hall–Kier alpha value is -2.25. The molecule has 134 valence electrons. The van der Waals surface area contributed by atoms with Crippen molar-refractivity contribution in [2.24, 2.45) is 0 Å². The maximum Gasteiger partial charge on any atom is 0.335 e. The van der Waals surface area contributed by atoms with E-state index in [2.05, 4.69) is 20.9 Å². The number of carbonyl (C=O) groups is 1. The van der Waals surface area contributed by atoms with Crippen LogP contribution in [0.2, 0.25) is 0 Å². The van der Waals surface area contributed by atoms with Crippen molar-refractivity contribution < 1.29 is 19.0 Å². The number of carboxylic acids is 1. The van der Waals surface area contributed by atoms with Crippen molar-refractivity contribution in [1.29, 1.82) is 0 Å². The minimum atomic E-state index is -0.986. The zero-order chi connectivity index (χ0) is 18.3. The van der Waals surface area contributed by atoms with E-state index in [1.54, 1.807) is 24.3 Å². The zero-order valence-corrected chi connectivity index (χ0v) is 15.4. The van der Waals surface area contributed by atoms with Gasteiger partial charge in [-0.2, -0.15) is 0 Å². The molecule has 1 aliphatic rings. The molecular formula is C19H16BrFN2O3. The van der Waals surface area contributed by atoms with Crippen molar-refractivity contribution in [1.82, 2.24) is 9.55 Å². The van der Waals surface area contributed by atoms with Crippen LogP contribution in [0, 0.1) is 5.82 Å². The highest BCUT2D eigenvalue weighted by Crippen LogP contribution is 2.25. The molecule has 0 aliphatic carbocycles. The van der Waals surface area contributed by atoms with E-state index in [1.807, 2.05) is 4.57 Å². The Morgan fingerprint density at radius 1 is 1.35 bits per heavy atom. The van der Waals surface area contributed by atoms with Crippen molar-refractivity contribution in [3.8, 4) is 0 Å². The number of ether oxygens (including phenoxy) is 1. The molecule has 26 heavy (non-hydrogen) atoms. The summed E-state index contributed by atoms with van der Waals surface area (Å²) in [6.45, 7) is 1.31. The topological polar surface area (TPSA) is 64.3 Å². The van der Waals surface area contributed by atoms with Gasteiger partial charge in [-0.25, -0.2) is 14.2 Å². The Balaban J connectivity index is 1.78. The van der Waals surface area contributed by atoms with Crippen molar-refractivity contribution in [3.05, 3.63) is 63.6 Å². The van der Waals surface area contributed by atoms with E-state index in [1.165, 1.54) is 12.1 Å². The summed E-state index contributed by atoms with van der Waals surface area (Å²) in [5.74, 6) is -0.594. The number of benzene rings is 2. The van der Waals surface area contributed by atoms with Crippen LogP contribution in [0.4, 0.5) is 4.39 Å². The fraction of sp³-hybridized carbons (Fsp3) is 0.263. The maximum absolute atomic E-state index is 14.3.